The number of anilines is 2. The summed E-state index contributed by atoms with van der Waals surface area (Å²) in [6, 6.07) is 0.180. The number of nitrogens with zero attached hydrogens (tertiary/aromatic N) is 3. The molecule has 1 heterocycles. The van der Waals surface area contributed by atoms with Crippen LogP contribution in [-0.2, 0) is 4.79 Å². The van der Waals surface area contributed by atoms with Crippen LogP contribution in [0.4, 0.5) is 11.9 Å². The van der Waals surface area contributed by atoms with Gasteiger partial charge in [-0.05, 0) is 20.3 Å². The molecule has 0 aromatic carbocycles. The molecule has 4 N–H and O–H groups in total. The summed E-state index contributed by atoms with van der Waals surface area (Å²) in [6.45, 7) is 6.49. The van der Waals surface area contributed by atoms with Gasteiger partial charge in [0.05, 0.1) is 12.0 Å². The van der Waals surface area contributed by atoms with Gasteiger partial charge < -0.3 is 21.1 Å². The van der Waals surface area contributed by atoms with Crippen LogP contribution in [0, 0.1) is 5.41 Å². The minimum atomic E-state index is -0.597. The second-order valence-electron chi connectivity index (χ2n) is 4.96. The zero-order chi connectivity index (χ0) is 15.2. The molecule has 0 saturated heterocycles. The molecule has 0 saturated carbocycles. The highest BCUT2D eigenvalue weighted by molar-refractivity contribution is 5.82. The predicted octanol–water partition coefficient (Wildman–Crippen LogP) is 0.427. The van der Waals surface area contributed by atoms with Crippen LogP contribution in [0.3, 0.4) is 0 Å². The third kappa shape index (κ3) is 4.52. The van der Waals surface area contributed by atoms with E-state index in [-0.39, 0.29) is 17.9 Å². The third-order valence-electron chi connectivity index (χ3n) is 2.60. The number of hydrogen-bond donors (Lipinski definition) is 3. The Morgan fingerprint density at radius 3 is 2.65 bits per heavy atom. The molecule has 112 valence electrons. The summed E-state index contributed by atoms with van der Waals surface area (Å²) in [6.07, 6.45) is 0.845. The highest BCUT2D eigenvalue weighted by Crippen LogP contribution is 2.16. The van der Waals surface area contributed by atoms with Crippen molar-refractivity contribution in [2.75, 3.05) is 31.2 Å². The van der Waals surface area contributed by atoms with E-state index < -0.39 is 5.41 Å². The molecule has 20 heavy (non-hydrogen) atoms. The lowest BCUT2D eigenvalue weighted by Gasteiger charge is -2.22. The van der Waals surface area contributed by atoms with E-state index in [1.54, 1.807) is 7.05 Å². The highest BCUT2D eigenvalue weighted by Gasteiger charge is 2.26. The normalized spacial score (nSPS) is 11.0. The fraction of sp³-hybridized carbons (Fsp3) is 0.667. The second-order valence-corrected chi connectivity index (χ2v) is 4.96. The van der Waals surface area contributed by atoms with Crippen LogP contribution in [0.1, 0.15) is 27.2 Å². The standard InChI is InChI=1S/C12H22N6O2/c1-5-6-20-11-17-9(13)16-10(18-11)15-7-12(2,3)8(19)14-4/h5-7H2,1-4H3,(H,14,19)(H3,13,15,16,17,18). The molecule has 1 rings (SSSR count). The molecule has 1 aromatic heterocycles. The van der Waals surface area contributed by atoms with Crippen LogP contribution >= 0.6 is 0 Å². The van der Waals surface area contributed by atoms with Crippen LogP contribution < -0.4 is 21.1 Å². The molecular weight excluding hydrogens is 260 g/mol. The number of aromatic nitrogens is 3. The maximum atomic E-state index is 11.7. The lowest BCUT2D eigenvalue weighted by atomic mass is 9.92. The van der Waals surface area contributed by atoms with Crippen LogP contribution in [0.2, 0.25) is 0 Å². The molecule has 0 bridgehead atoms. The number of nitrogens with one attached hydrogen (secondary N) is 2. The Bertz CT molecular complexity index is 463. The molecule has 8 heteroatoms. The zero-order valence-electron chi connectivity index (χ0n) is 12.4. The van der Waals surface area contributed by atoms with E-state index in [9.17, 15) is 4.79 Å². The zero-order valence-corrected chi connectivity index (χ0v) is 12.4. The number of amides is 1. The van der Waals surface area contributed by atoms with Crippen LogP contribution in [-0.4, -0.2) is 41.1 Å². The number of nitrogen functional groups attached to an aromatic ring is 1. The first-order chi connectivity index (χ1) is 9.39. The Morgan fingerprint density at radius 1 is 1.35 bits per heavy atom. The van der Waals surface area contributed by atoms with E-state index in [2.05, 4.69) is 25.6 Å². The Balaban J connectivity index is 2.72. The van der Waals surface area contributed by atoms with Crippen molar-refractivity contribution >= 4 is 17.8 Å². The van der Waals surface area contributed by atoms with Gasteiger partial charge in [0.2, 0.25) is 17.8 Å². The molecular formula is C12H22N6O2. The molecule has 0 fully saturated rings. The summed E-state index contributed by atoms with van der Waals surface area (Å²) >= 11 is 0. The van der Waals surface area contributed by atoms with Crippen molar-refractivity contribution in [3.8, 4) is 6.01 Å². The van der Waals surface area contributed by atoms with Gasteiger partial charge in [-0.25, -0.2) is 0 Å². The van der Waals surface area contributed by atoms with Gasteiger partial charge >= 0.3 is 6.01 Å². The van der Waals surface area contributed by atoms with E-state index >= 15 is 0 Å². The lowest BCUT2D eigenvalue weighted by molar-refractivity contribution is -0.128. The maximum absolute atomic E-state index is 11.7. The molecule has 0 unspecified atom stereocenters. The number of carbonyl (C=O) groups is 1. The Hall–Kier alpha value is -2.12. The summed E-state index contributed by atoms with van der Waals surface area (Å²) in [5.41, 5.74) is 5.00. The van der Waals surface area contributed by atoms with Crippen LogP contribution in [0.15, 0.2) is 0 Å². The van der Waals surface area contributed by atoms with Gasteiger partial charge in [0, 0.05) is 13.6 Å². The first-order valence-electron chi connectivity index (χ1n) is 6.49. The molecule has 0 aliphatic rings. The average molecular weight is 282 g/mol. The molecule has 0 aliphatic heterocycles. The lowest BCUT2D eigenvalue weighted by Crippen LogP contribution is -2.39. The molecule has 0 radical (unpaired) electrons. The second kappa shape index (κ2) is 6.88. The van der Waals surface area contributed by atoms with Crippen LogP contribution in [0.25, 0.3) is 0 Å². The van der Waals surface area contributed by atoms with Gasteiger partial charge in [-0.15, -0.1) is 0 Å². The Morgan fingerprint density at radius 2 is 2.05 bits per heavy atom. The Labute approximate surface area is 118 Å². The van der Waals surface area contributed by atoms with E-state index in [1.807, 2.05) is 20.8 Å². The number of rotatable bonds is 7. The summed E-state index contributed by atoms with van der Waals surface area (Å²) in [7, 11) is 1.60. The number of hydrogen-bond acceptors (Lipinski definition) is 7. The molecule has 1 aromatic rings. The monoisotopic (exact) mass is 282 g/mol. The minimum Gasteiger partial charge on any atom is -0.463 e. The van der Waals surface area contributed by atoms with Gasteiger partial charge in [-0.3, -0.25) is 4.79 Å². The van der Waals surface area contributed by atoms with E-state index in [0.717, 1.165) is 6.42 Å². The molecule has 0 aliphatic carbocycles. The molecule has 0 spiro atoms. The van der Waals surface area contributed by atoms with E-state index in [0.29, 0.717) is 19.1 Å². The first kappa shape index (κ1) is 15.9. The van der Waals surface area contributed by atoms with Crippen molar-refractivity contribution in [2.45, 2.75) is 27.2 Å². The van der Waals surface area contributed by atoms with Crippen LogP contribution in [0.5, 0.6) is 6.01 Å². The quantitative estimate of drug-likeness (QED) is 0.664. The minimum absolute atomic E-state index is 0.0746. The summed E-state index contributed by atoms with van der Waals surface area (Å²) < 4.78 is 5.32. The van der Waals surface area contributed by atoms with Gasteiger partial charge in [0.1, 0.15) is 0 Å². The van der Waals surface area contributed by atoms with Crippen molar-refractivity contribution in [2.24, 2.45) is 5.41 Å². The van der Waals surface area contributed by atoms with Crippen molar-refractivity contribution in [1.29, 1.82) is 0 Å². The smallest absolute Gasteiger partial charge is 0.323 e. The summed E-state index contributed by atoms with van der Waals surface area (Å²) in [5, 5.41) is 5.59. The molecule has 1 amide bonds. The molecule has 8 nitrogen and oxygen atoms in total. The van der Waals surface area contributed by atoms with Gasteiger partial charge in [-0.1, -0.05) is 6.92 Å². The fourth-order valence-electron chi connectivity index (χ4n) is 1.43. The number of nitrogens with two attached hydrogens (primary N) is 1. The van der Waals surface area contributed by atoms with Gasteiger partial charge in [0.25, 0.3) is 0 Å². The SMILES string of the molecule is CCCOc1nc(N)nc(NCC(C)(C)C(=O)NC)n1. The topological polar surface area (TPSA) is 115 Å². The van der Waals surface area contributed by atoms with E-state index in [4.69, 9.17) is 10.5 Å². The largest absolute Gasteiger partial charge is 0.463 e. The van der Waals surface area contributed by atoms with Crippen molar-refractivity contribution in [3.63, 3.8) is 0 Å². The van der Waals surface area contributed by atoms with Crippen molar-refractivity contribution in [1.82, 2.24) is 20.3 Å². The average Bonchev–Trinajstić information content (AvgIpc) is 2.41. The third-order valence-corrected chi connectivity index (χ3v) is 2.60. The molecule has 0 atom stereocenters. The van der Waals surface area contributed by atoms with Crippen molar-refractivity contribution in [3.05, 3.63) is 0 Å². The van der Waals surface area contributed by atoms with Crippen molar-refractivity contribution < 1.29 is 9.53 Å². The Kier molecular flexibility index (Phi) is 5.48. The van der Waals surface area contributed by atoms with Gasteiger partial charge in [0.15, 0.2) is 0 Å². The highest BCUT2D eigenvalue weighted by atomic mass is 16.5. The van der Waals surface area contributed by atoms with E-state index in [1.165, 1.54) is 0 Å². The fourth-order valence-corrected chi connectivity index (χ4v) is 1.43. The number of ether oxygens (including phenoxy) is 1. The first-order valence-corrected chi connectivity index (χ1v) is 6.49. The predicted molar refractivity (Wildman–Crippen MR) is 76.4 cm³/mol. The summed E-state index contributed by atoms with van der Waals surface area (Å²) in [5.74, 6) is 0.293. The maximum Gasteiger partial charge on any atom is 0.323 e. The van der Waals surface area contributed by atoms with Gasteiger partial charge in [-0.2, -0.15) is 15.0 Å². The number of carbonyl (C=O) groups excluding carboxylic acids is 1. The summed E-state index contributed by atoms with van der Waals surface area (Å²) in [4.78, 5) is 23.6.